The van der Waals surface area contributed by atoms with E-state index in [0.717, 1.165) is 18.8 Å². The number of benzene rings is 1. The number of quaternary nitrogens is 1. The van der Waals surface area contributed by atoms with E-state index in [1.807, 2.05) is 6.07 Å². The van der Waals surface area contributed by atoms with Crippen LogP contribution in [0, 0.1) is 0 Å². The molecule has 2 nitrogen and oxygen atoms in total. The normalized spacial score (nSPS) is 11.9. The van der Waals surface area contributed by atoms with Gasteiger partial charge in [-0.05, 0) is 57.2 Å². The van der Waals surface area contributed by atoms with E-state index in [1.165, 1.54) is 18.5 Å². The van der Waals surface area contributed by atoms with Gasteiger partial charge < -0.3 is 10.1 Å². The molecule has 2 N–H and O–H groups in total. The van der Waals surface area contributed by atoms with Crippen LogP contribution in [0.15, 0.2) is 24.3 Å². The lowest BCUT2D eigenvalue weighted by Gasteiger charge is -2.16. The zero-order valence-electron chi connectivity index (χ0n) is 13.2. The van der Waals surface area contributed by atoms with E-state index < -0.39 is 0 Å². The number of rotatable bonds is 7. The molecule has 2 heteroatoms. The fraction of sp³-hybridized carbons (Fsp3) is 0.647. The summed E-state index contributed by atoms with van der Waals surface area (Å²) in [5.41, 5.74) is 1.69. The van der Waals surface area contributed by atoms with E-state index in [-0.39, 0.29) is 0 Å². The van der Waals surface area contributed by atoms with Gasteiger partial charge in [0, 0.05) is 0 Å². The van der Waals surface area contributed by atoms with E-state index in [1.54, 1.807) is 0 Å². The molecule has 0 aliphatic heterocycles. The monoisotopic (exact) mass is 264 g/mol. The largest absolute Gasteiger partial charge is 0.494 e. The highest BCUT2D eigenvalue weighted by molar-refractivity contribution is 5.30. The Morgan fingerprint density at radius 1 is 1.16 bits per heavy atom. The molecule has 0 aromatic heterocycles. The summed E-state index contributed by atoms with van der Waals surface area (Å²) in [7, 11) is 0. The maximum Gasteiger partial charge on any atom is 0.119 e. The Bertz CT molecular complexity index is 366. The Morgan fingerprint density at radius 3 is 2.53 bits per heavy atom. The number of hydrogen-bond donors (Lipinski definition) is 1. The first-order chi connectivity index (χ1) is 8.88. The van der Waals surface area contributed by atoms with Gasteiger partial charge in [-0.25, -0.2) is 0 Å². The summed E-state index contributed by atoms with van der Waals surface area (Å²) in [5.74, 6) is 1.57. The van der Waals surface area contributed by atoms with Crippen molar-refractivity contribution in [1.82, 2.24) is 0 Å². The second-order valence-corrected chi connectivity index (χ2v) is 6.64. The molecule has 0 aliphatic carbocycles. The van der Waals surface area contributed by atoms with E-state index in [0.29, 0.717) is 11.5 Å². The Balaban J connectivity index is 2.21. The molecule has 0 heterocycles. The Morgan fingerprint density at radius 2 is 1.89 bits per heavy atom. The summed E-state index contributed by atoms with van der Waals surface area (Å²) < 4.78 is 5.82. The minimum absolute atomic E-state index is 0.340. The van der Waals surface area contributed by atoms with Gasteiger partial charge in [0.15, 0.2) is 0 Å². The molecule has 0 unspecified atom stereocenters. The van der Waals surface area contributed by atoms with Crippen LogP contribution in [0.25, 0.3) is 0 Å². The maximum atomic E-state index is 5.82. The molecule has 1 aromatic carbocycles. The van der Waals surface area contributed by atoms with Crippen molar-refractivity contribution >= 4 is 0 Å². The lowest BCUT2D eigenvalue weighted by molar-refractivity contribution is -0.717. The highest BCUT2D eigenvalue weighted by Crippen LogP contribution is 2.20. The molecule has 0 atom stereocenters. The van der Waals surface area contributed by atoms with Gasteiger partial charge in [-0.1, -0.05) is 26.0 Å². The molecular formula is C17H30NO+. The molecular weight excluding hydrogens is 234 g/mol. The molecule has 0 fully saturated rings. The van der Waals surface area contributed by atoms with Crippen molar-refractivity contribution in [2.45, 2.75) is 58.9 Å². The van der Waals surface area contributed by atoms with Gasteiger partial charge in [0.2, 0.25) is 0 Å². The van der Waals surface area contributed by atoms with E-state index >= 15 is 0 Å². The highest BCUT2D eigenvalue weighted by Gasteiger charge is 2.11. The number of hydrogen-bond acceptors (Lipinski definition) is 1. The second kappa shape index (κ2) is 7.54. The Labute approximate surface area is 118 Å². The van der Waals surface area contributed by atoms with Crippen LogP contribution in [0.4, 0.5) is 0 Å². The van der Waals surface area contributed by atoms with Crippen LogP contribution in [0.2, 0.25) is 0 Å². The summed E-state index contributed by atoms with van der Waals surface area (Å²) in [6, 6.07) is 8.45. The van der Waals surface area contributed by atoms with Crippen molar-refractivity contribution in [3.05, 3.63) is 29.8 Å². The van der Waals surface area contributed by atoms with Crippen LogP contribution in [-0.2, 0) is 0 Å². The molecule has 0 amide bonds. The molecule has 108 valence electrons. The first-order valence-corrected chi connectivity index (χ1v) is 7.45. The number of ether oxygens (including phenoxy) is 1. The molecule has 1 rings (SSSR count). The molecule has 0 saturated carbocycles. The third-order valence-electron chi connectivity index (χ3n) is 3.15. The van der Waals surface area contributed by atoms with Crippen LogP contribution in [-0.4, -0.2) is 18.7 Å². The summed E-state index contributed by atoms with van der Waals surface area (Å²) in [5, 5.41) is 2.40. The average molecular weight is 264 g/mol. The minimum Gasteiger partial charge on any atom is -0.494 e. The predicted octanol–water partition coefficient (Wildman–Crippen LogP) is 3.33. The molecule has 0 bridgehead atoms. The number of nitrogens with two attached hydrogens (primary N) is 1. The molecule has 0 spiro atoms. The molecule has 0 aliphatic rings. The van der Waals surface area contributed by atoms with Gasteiger partial charge in [0.25, 0.3) is 0 Å². The van der Waals surface area contributed by atoms with Crippen LogP contribution >= 0.6 is 0 Å². The summed E-state index contributed by atoms with van der Waals surface area (Å²) >= 11 is 0. The van der Waals surface area contributed by atoms with Gasteiger partial charge in [0.1, 0.15) is 5.75 Å². The minimum atomic E-state index is 0.340. The zero-order chi connectivity index (χ0) is 14.3. The van der Waals surface area contributed by atoms with E-state index in [2.05, 4.69) is 58.1 Å². The lowest BCUT2D eigenvalue weighted by Crippen LogP contribution is -2.94. The summed E-state index contributed by atoms with van der Waals surface area (Å²) in [4.78, 5) is 0. The molecule has 1 aromatic rings. The third kappa shape index (κ3) is 7.22. The maximum absolute atomic E-state index is 5.82. The summed E-state index contributed by atoms with van der Waals surface area (Å²) in [6.45, 7) is 13.2. The second-order valence-electron chi connectivity index (χ2n) is 6.64. The average Bonchev–Trinajstić information content (AvgIpc) is 2.32. The van der Waals surface area contributed by atoms with Crippen LogP contribution < -0.4 is 10.1 Å². The molecule has 19 heavy (non-hydrogen) atoms. The standard InChI is InChI=1S/C17H29NO/c1-14(2)15-9-8-10-16(13-15)19-12-7-6-11-18-17(3,4)5/h8-10,13-14,18H,6-7,11-12H2,1-5H3/p+1. The predicted molar refractivity (Wildman–Crippen MR) is 81.8 cm³/mol. The van der Waals surface area contributed by atoms with Gasteiger partial charge >= 0.3 is 0 Å². The first kappa shape index (κ1) is 16.0. The van der Waals surface area contributed by atoms with Gasteiger partial charge in [-0.2, -0.15) is 0 Å². The third-order valence-corrected chi connectivity index (χ3v) is 3.15. The fourth-order valence-electron chi connectivity index (χ4n) is 1.93. The van der Waals surface area contributed by atoms with Gasteiger partial charge in [-0.15, -0.1) is 0 Å². The highest BCUT2D eigenvalue weighted by atomic mass is 16.5. The van der Waals surface area contributed by atoms with Crippen LogP contribution in [0.1, 0.15) is 58.9 Å². The quantitative estimate of drug-likeness (QED) is 0.751. The topological polar surface area (TPSA) is 25.8 Å². The van der Waals surface area contributed by atoms with Crippen LogP contribution in [0.5, 0.6) is 5.75 Å². The SMILES string of the molecule is CC(C)c1cccc(OCCCC[NH2+]C(C)(C)C)c1. The van der Waals surface area contributed by atoms with E-state index in [4.69, 9.17) is 4.74 Å². The smallest absolute Gasteiger partial charge is 0.119 e. The van der Waals surface area contributed by atoms with E-state index in [9.17, 15) is 0 Å². The Hall–Kier alpha value is -1.02. The van der Waals surface area contributed by atoms with Crippen molar-refractivity contribution in [1.29, 1.82) is 0 Å². The first-order valence-electron chi connectivity index (χ1n) is 7.45. The Kier molecular flexibility index (Phi) is 6.36. The van der Waals surface area contributed by atoms with Crippen LogP contribution in [0.3, 0.4) is 0 Å². The fourth-order valence-corrected chi connectivity index (χ4v) is 1.93. The van der Waals surface area contributed by atoms with Gasteiger partial charge in [-0.3, -0.25) is 0 Å². The van der Waals surface area contributed by atoms with Crippen molar-refractivity contribution in [2.75, 3.05) is 13.2 Å². The van der Waals surface area contributed by atoms with Crippen molar-refractivity contribution in [3.63, 3.8) is 0 Å². The van der Waals surface area contributed by atoms with Crippen molar-refractivity contribution in [3.8, 4) is 5.75 Å². The van der Waals surface area contributed by atoms with Crippen molar-refractivity contribution in [2.24, 2.45) is 0 Å². The molecule has 0 radical (unpaired) electrons. The number of unbranched alkanes of at least 4 members (excludes halogenated alkanes) is 1. The summed E-state index contributed by atoms with van der Waals surface area (Å²) in [6.07, 6.45) is 2.33. The van der Waals surface area contributed by atoms with Crippen molar-refractivity contribution < 1.29 is 10.1 Å². The lowest BCUT2D eigenvalue weighted by atomic mass is 10.0. The molecule has 0 saturated heterocycles. The van der Waals surface area contributed by atoms with Gasteiger partial charge in [0.05, 0.1) is 18.7 Å². The zero-order valence-corrected chi connectivity index (χ0v) is 13.2.